The van der Waals surface area contributed by atoms with Gasteiger partial charge in [-0.25, -0.2) is 13.6 Å². The van der Waals surface area contributed by atoms with Crippen molar-refractivity contribution in [3.05, 3.63) is 63.8 Å². The largest absolute Gasteiger partial charge is 0.380 e. The highest BCUT2D eigenvalue weighted by atomic mass is 35.5. The smallest absolute Gasteiger partial charge is 0.240 e. The minimum Gasteiger partial charge on any atom is -0.380 e. The monoisotopic (exact) mass is 395 g/mol. The van der Waals surface area contributed by atoms with Crippen molar-refractivity contribution in [1.82, 2.24) is 4.98 Å². The Morgan fingerprint density at radius 1 is 1.12 bits per heavy atom. The molecule has 0 bridgehead atoms. The summed E-state index contributed by atoms with van der Waals surface area (Å²) < 4.78 is 23.6. The van der Waals surface area contributed by atoms with E-state index in [9.17, 15) is 8.42 Å². The molecule has 5 nitrogen and oxygen atoms in total. The molecule has 0 aliphatic heterocycles. The number of halogens is 2. The number of nitrogens with one attached hydrogen (secondary N) is 1. The molecule has 25 heavy (non-hydrogen) atoms. The SMILES string of the molecule is Cc1cc(NCc2ccc(Cl)c(Cl)c2)c2cccc(S(N)(=O)=O)c2n1. The van der Waals surface area contributed by atoms with E-state index in [1.165, 1.54) is 6.07 Å². The molecular formula is C17H15Cl2N3O2S. The number of para-hydroxylation sites is 1. The van der Waals surface area contributed by atoms with Gasteiger partial charge in [-0.2, -0.15) is 0 Å². The molecule has 0 atom stereocenters. The average Bonchev–Trinajstić information content (AvgIpc) is 2.54. The summed E-state index contributed by atoms with van der Waals surface area (Å²) in [5.41, 5.74) is 2.74. The molecule has 0 spiro atoms. The van der Waals surface area contributed by atoms with E-state index in [1.807, 2.05) is 12.1 Å². The first-order chi connectivity index (χ1) is 11.8. The zero-order valence-electron chi connectivity index (χ0n) is 13.3. The standard InChI is InChI=1S/C17H15Cl2N3O2S/c1-10-7-15(21-9-11-5-6-13(18)14(19)8-11)12-3-2-4-16(17(12)22-10)25(20,23)24/h2-8H,9H2,1H3,(H,21,22)(H2,20,23,24). The molecule has 3 aromatic rings. The second kappa shape index (κ2) is 6.80. The third-order valence-electron chi connectivity index (χ3n) is 3.70. The highest BCUT2D eigenvalue weighted by molar-refractivity contribution is 7.89. The van der Waals surface area contributed by atoms with Gasteiger partial charge in [-0.05, 0) is 36.8 Å². The fourth-order valence-corrected chi connectivity index (χ4v) is 3.59. The summed E-state index contributed by atoms with van der Waals surface area (Å²) in [5, 5.41) is 10.2. The number of rotatable bonds is 4. The summed E-state index contributed by atoms with van der Waals surface area (Å²) >= 11 is 12.0. The van der Waals surface area contributed by atoms with Gasteiger partial charge in [-0.3, -0.25) is 4.98 Å². The lowest BCUT2D eigenvalue weighted by Crippen LogP contribution is -2.13. The van der Waals surface area contributed by atoms with E-state index < -0.39 is 10.0 Å². The van der Waals surface area contributed by atoms with Crippen molar-refractivity contribution in [2.45, 2.75) is 18.4 Å². The van der Waals surface area contributed by atoms with E-state index in [2.05, 4.69) is 10.3 Å². The summed E-state index contributed by atoms with van der Waals surface area (Å²) in [6.07, 6.45) is 0. The second-order valence-electron chi connectivity index (χ2n) is 5.61. The molecule has 130 valence electrons. The van der Waals surface area contributed by atoms with Crippen LogP contribution < -0.4 is 10.5 Å². The minimum atomic E-state index is -3.86. The van der Waals surface area contributed by atoms with Gasteiger partial charge in [-0.1, -0.05) is 41.4 Å². The van der Waals surface area contributed by atoms with Gasteiger partial charge in [0.15, 0.2) is 0 Å². The van der Waals surface area contributed by atoms with Crippen molar-refractivity contribution in [3.63, 3.8) is 0 Å². The van der Waals surface area contributed by atoms with Crippen LogP contribution >= 0.6 is 23.2 Å². The summed E-state index contributed by atoms with van der Waals surface area (Å²) in [5.74, 6) is 0. The Bertz CT molecular complexity index is 1070. The van der Waals surface area contributed by atoms with Crippen LogP contribution in [-0.4, -0.2) is 13.4 Å². The van der Waals surface area contributed by atoms with Crippen molar-refractivity contribution < 1.29 is 8.42 Å². The number of primary sulfonamides is 1. The molecule has 1 heterocycles. The van der Waals surface area contributed by atoms with Crippen LogP contribution in [0.5, 0.6) is 0 Å². The highest BCUT2D eigenvalue weighted by Crippen LogP contribution is 2.29. The highest BCUT2D eigenvalue weighted by Gasteiger charge is 2.15. The Morgan fingerprint density at radius 3 is 2.56 bits per heavy atom. The Morgan fingerprint density at radius 2 is 1.88 bits per heavy atom. The van der Waals surface area contributed by atoms with Gasteiger partial charge in [0, 0.05) is 23.3 Å². The number of aryl methyl sites for hydroxylation is 1. The van der Waals surface area contributed by atoms with Crippen LogP contribution in [0, 0.1) is 6.92 Å². The number of nitrogens with zero attached hydrogens (tertiary/aromatic N) is 1. The predicted molar refractivity (Wildman–Crippen MR) is 102 cm³/mol. The zero-order chi connectivity index (χ0) is 18.2. The Kier molecular flexibility index (Phi) is 4.88. The number of pyridine rings is 1. The summed E-state index contributed by atoms with van der Waals surface area (Å²) in [4.78, 5) is 4.35. The van der Waals surface area contributed by atoms with Gasteiger partial charge in [0.25, 0.3) is 0 Å². The molecule has 3 rings (SSSR count). The fourth-order valence-electron chi connectivity index (χ4n) is 2.57. The van der Waals surface area contributed by atoms with Crippen LogP contribution in [0.15, 0.2) is 47.4 Å². The molecular weight excluding hydrogens is 381 g/mol. The molecule has 0 fully saturated rings. The van der Waals surface area contributed by atoms with E-state index >= 15 is 0 Å². The third-order valence-corrected chi connectivity index (χ3v) is 5.39. The molecule has 1 aromatic heterocycles. The van der Waals surface area contributed by atoms with Gasteiger partial charge >= 0.3 is 0 Å². The first-order valence-electron chi connectivity index (χ1n) is 7.36. The lowest BCUT2D eigenvalue weighted by Gasteiger charge is -2.13. The maximum absolute atomic E-state index is 11.8. The van der Waals surface area contributed by atoms with E-state index in [4.69, 9.17) is 28.3 Å². The van der Waals surface area contributed by atoms with E-state index in [0.29, 0.717) is 33.2 Å². The number of fused-ring (bicyclic) bond motifs is 1. The number of anilines is 1. The molecule has 0 aliphatic rings. The predicted octanol–water partition coefficient (Wildman–Crippen LogP) is 4.11. The normalized spacial score (nSPS) is 11.7. The van der Waals surface area contributed by atoms with Crippen molar-refractivity contribution in [2.75, 3.05) is 5.32 Å². The number of benzene rings is 2. The Hall–Kier alpha value is -1.86. The Balaban J connectivity index is 2.03. The summed E-state index contributed by atoms with van der Waals surface area (Å²) in [7, 11) is -3.86. The van der Waals surface area contributed by atoms with E-state index in [-0.39, 0.29) is 4.90 Å². The van der Waals surface area contributed by atoms with Crippen molar-refractivity contribution in [1.29, 1.82) is 0 Å². The topological polar surface area (TPSA) is 85.1 Å². The molecule has 0 saturated heterocycles. The maximum atomic E-state index is 11.8. The van der Waals surface area contributed by atoms with Gasteiger partial charge in [0.2, 0.25) is 10.0 Å². The molecule has 3 N–H and O–H groups in total. The number of aromatic nitrogens is 1. The zero-order valence-corrected chi connectivity index (χ0v) is 15.6. The molecule has 0 amide bonds. The number of hydrogen-bond donors (Lipinski definition) is 2. The van der Waals surface area contributed by atoms with Crippen LogP contribution in [-0.2, 0) is 16.6 Å². The van der Waals surface area contributed by atoms with Crippen molar-refractivity contribution in [3.8, 4) is 0 Å². The van der Waals surface area contributed by atoms with Gasteiger partial charge in [0.1, 0.15) is 4.90 Å². The molecule has 0 unspecified atom stereocenters. The Labute approximate surface area is 155 Å². The quantitative estimate of drug-likeness (QED) is 0.695. The first-order valence-corrected chi connectivity index (χ1v) is 9.67. The van der Waals surface area contributed by atoms with Crippen LogP contribution in [0.2, 0.25) is 10.0 Å². The molecule has 0 saturated carbocycles. The number of nitrogens with two attached hydrogens (primary N) is 1. The third kappa shape index (κ3) is 3.88. The lowest BCUT2D eigenvalue weighted by atomic mass is 10.1. The lowest BCUT2D eigenvalue weighted by molar-refractivity contribution is 0.598. The van der Waals surface area contributed by atoms with Crippen LogP contribution in [0.1, 0.15) is 11.3 Å². The second-order valence-corrected chi connectivity index (χ2v) is 7.95. The molecule has 8 heteroatoms. The van der Waals surface area contributed by atoms with Gasteiger partial charge in [-0.15, -0.1) is 0 Å². The molecule has 2 aromatic carbocycles. The van der Waals surface area contributed by atoms with Gasteiger partial charge in [0.05, 0.1) is 15.6 Å². The number of hydrogen-bond acceptors (Lipinski definition) is 4. The van der Waals surface area contributed by atoms with Crippen molar-refractivity contribution in [2.24, 2.45) is 5.14 Å². The maximum Gasteiger partial charge on any atom is 0.240 e. The summed E-state index contributed by atoms with van der Waals surface area (Å²) in [6.45, 7) is 2.29. The minimum absolute atomic E-state index is 0.00582. The number of sulfonamides is 1. The molecule has 0 radical (unpaired) electrons. The first kappa shape index (κ1) is 17.9. The van der Waals surface area contributed by atoms with Crippen LogP contribution in [0.4, 0.5) is 5.69 Å². The van der Waals surface area contributed by atoms with Crippen LogP contribution in [0.25, 0.3) is 10.9 Å². The van der Waals surface area contributed by atoms with Gasteiger partial charge < -0.3 is 5.32 Å². The van der Waals surface area contributed by atoms with E-state index in [1.54, 1.807) is 31.2 Å². The van der Waals surface area contributed by atoms with Crippen molar-refractivity contribution >= 4 is 49.8 Å². The fraction of sp³-hybridized carbons (Fsp3) is 0.118. The van der Waals surface area contributed by atoms with E-state index in [0.717, 1.165) is 11.3 Å². The summed E-state index contributed by atoms with van der Waals surface area (Å²) in [6, 6.07) is 12.1. The average molecular weight is 396 g/mol. The van der Waals surface area contributed by atoms with Crippen LogP contribution in [0.3, 0.4) is 0 Å². The molecule has 0 aliphatic carbocycles.